The first-order chi connectivity index (χ1) is 7.20. The van der Waals surface area contributed by atoms with E-state index in [2.05, 4.69) is 10.1 Å². The van der Waals surface area contributed by atoms with Crippen LogP contribution in [0.25, 0.3) is 5.69 Å². The van der Waals surface area contributed by atoms with Crippen LogP contribution in [0, 0.1) is 10.1 Å². The summed E-state index contributed by atoms with van der Waals surface area (Å²) in [5.41, 5.74) is 6.01. The van der Waals surface area contributed by atoms with Gasteiger partial charge < -0.3 is 5.73 Å². The third-order valence-electron chi connectivity index (χ3n) is 1.89. The minimum absolute atomic E-state index is 0.00574. The second-order valence-electron chi connectivity index (χ2n) is 2.79. The number of nitrogens with two attached hydrogens (primary N) is 1. The summed E-state index contributed by atoms with van der Waals surface area (Å²) in [5, 5.41) is 14.4. The molecular weight excluding hydrogens is 198 g/mol. The van der Waals surface area contributed by atoms with Crippen LogP contribution in [0.15, 0.2) is 30.7 Å². The average Bonchev–Trinajstić information content (AvgIpc) is 2.61. The van der Waals surface area contributed by atoms with Crippen molar-refractivity contribution in [1.29, 1.82) is 0 Å². The van der Waals surface area contributed by atoms with Crippen molar-refractivity contribution in [2.75, 3.05) is 5.73 Å². The molecule has 0 aromatic carbocycles. The molecule has 0 saturated heterocycles. The predicted molar refractivity (Wildman–Crippen MR) is 52.4 cm³/mol. The highest BCUT2D eigenvalue weighted by molar-refractivity contribution is 5.55. The maximum absolute atomic E-state index is 10.5. The number of pyridine rings is 1. The van der Waals surface area contributed by atoms with Gasteiger partial charge in [-0.05, 0) is 12.1 Å². The molecule has 0 saturated carbocycles. The zero-order valence-corrected chi connectivity index (χ0v) is 7.57. The van der Waals surface area contributed by atoms with E-state index in [-0.39, 0.29) is 11.5 Å². The Morgan fingerprint density at radius 2 is 2.07 bits per heavy atom. The highest BCUT2D eigenvalue weighted by Crippen LogP contribution is 2.22. The fraction of sp³-hybridized carbons (Fsp3) is 0. The van der Waals surface area contributed by atoms with Crippen LogP contribution in [0.2, 0.25) is 0 Å². The lowest BCUT2D eigenvalue weighted by Gasteiger charge is -2.01. The smallest absolute Gasteiger partial charge is 0.331 e. The standard InChI is InChI=1S/C8H7N5O2/c9-8-7(13(14)15)5-11-12(8)6-1-3-10-4-2-6/h1-5H,9H2. The minimum Gasteiger partial charge on any atom is -0.378 e. The van der Waals surface area contributed by atoms with Gasteiger partial charge in [0.15, 0.2) is 0 Å². The molecule has 7 heteroatoms. The summed E-state index contributed by atoms with van der Waals surface area (Å²) in [6.07, 6.45) is 4.24. The van der Waals surface area contributed by atoms with Crippen LogP contribution in [0.4, 0.5) is 11.5 Å². The number of anilines is 1. The topological polar surface area (TPSA) is 99.9 Å². The molecule has 0 unspecified atom stereocenters. The number of nitrogens with zero attached hydrogens (tertiary/aromatic N) is 4. The Hall–Kier alpha value is -2.44. The molecule has 76 valence electrons. The molecule has 0 aliphatic carbocycles. The van der Waals surface area contributed by atoms with Crippen LogP contribution in [0.1, 0.15) is 0 Å². The monoisotopic (exact) mass is 205 g/mol. The van der Waals surface area contributed by atoms with Crippen molar-refractivity contribution in [3.05, 3.63) is 40.8 Å². The average molecular weight is 205 g/mol. The number of nitro groups is 1. The maximum Gasteiger partial charge on any atom is 0.331 e. The minimum atomic E-state index is -0.569. The number of hydrogen-bond donors (Lipinski definition) is 1. The number of aromatic nitrogens is 3. The van der Waals surface area contributed by atoms with E-state index in [1.807, 2.05) is 0 Å². The van der Waals surface area contributed by atoms with Crippen molar-refractivity contribution < 1.29 is 4.92 Å². The lowest BCUT2D eigenvalue weighted by atomic mass is 10.4. The SMILES string of the molecule is Nc1c([N+](=O)[O-])cnn1-c1ccncc1. The highest BCUT2D eigenvalue weighted by atomic mass is 16.6. The number of rotatable bonds is 2. The Balaban J connectivity index is 2.52. The number of hydrogen-bond acceptors (Lipinski definition) is 5. The molecule has 2 N–H and O–H groups in total. The van der Waals surface area contributed by atoms with E-state index in [1.54, 1.807) is 24.5 Å². The summed E-state index contributed by atoms with van der Waals surface area (Å²) in [6.45, 7) is 0. The maximum atomic E-state index is 10.5. The zero-order chi connectivity index (χ0) is 10.8. The van der Waals surface area contributed by atoms with Gasteiger partial charge in [0.05, 0.1) is 10.6 Å². The molecule has 0 bridgehead atoms. The van der Waals surface area contributed by atoms with Crippen molar-refractivity contribution in [2.45, 2.75) is 0 Å². The number of nitrogen functional groups attached to an aromatic ring is 1. The van der Waals surface area contributed by atoms with Crippen LogP contribution in [-0.4, -0.2) is 19.7 Å². The second-order valence-corrected chi connectivity index (χ2v) is 2.79. The van der Waals surface area contributed by atoms with Gasteiger partial charge in [-0.1, -0.05) is 0 Å². The summed E-state index contributed by atoms with van der Waals surface area (Å²) >= 11 is 0. The van der Waals surface area contributed by atoms with Crippen LogP contribution in [0.5, 0.6) is 0 Å². The molecule has 7 nitrogen and oxygen atoms in total. The van der Waals surface area contributed by atoms with Gasteiger partial charge in [0.25, 0.3) is 0 Å². The highest BCUT2D eigenvalue weighted by Gasteiger charge is 2.17. The van der Waals surface area contributed by atoms with Gasteiger partial charge in [-0.15, -0.1) is 0 Å². The molecule has 0 aliphatic rings. The molecule has 0 fully saturated rings. The van der Waals surface area contributed by atoms with E-state index < -0.39 is 4.92 Å². The van der Waals surface area contributed by atoms with Gasteiger partial charge in [0.2, 0.25) is 5.82 Å². The van der Waals surface area contributed by atoms with Gasteiger partial charge in [0.1, 0.15) is 6.20 Å². The molecule has 2 aromatic rings. The van der Waals surface area contributed by atoms with Crippen molar-refractivity contribution in [3.8, 4) is 5.69 Å². The van der Waals surface area contributed by atoms with Gasteiger partial charge in [-0.3, -0.25) is 15.1 Å². The van der Waals surface area contributed by atoms with E-state index in [9.17, 15) is 10.1 Å². The van der Waals surface area contributed by atoms with Gasteiger partial charge in [0, 0.05) is 12.4 Å². The van der Waals surface area contributed by atoms with Crippen LogP contribution in [-0.2, 0) is 0 Å². The quantitative estimate of drug-likeness (QED) is 0.576. The summed E-state index contributed by atoms with van der Waals surface area (Å²) < 4.78 is 1.29. The van der Waals surface area contributed by atoms with E-state index >= 15 is 0 Å². The van der Waals surface area contributed by atoms with E-state index in [0.717, 1.165) is 6.20 Å². The summed E-state index contributed by atoms with van der Waals surface area (Å²) in [4.78, 5) is 13.8. The summed E-state index contributed by atoms with van der Waals surface area (Å²) in [7, 11) is 0. The van der Waals surface area contributed by atoms with Crippen molar-refractivity contribution in [3.63, 3.8) is 0 Å². The lowest BCUT2D eigenvalue weighted by Crippen LogP contribution is -2.02. The molecule has 2 aromatic heterocycles. The third kappa shape index (κ3) is 1.50. The Kier molecular flexibility index (Phi) is 2.05. The molecule has 0 aliphatic heterocycles. The lowest BCUT2D eigenvalue weighted by molar-refractivity contribution is -0.383. The van der Waals surface area contributed by atoms with Gasteiger partial charge >= 0.3 is 5.69 Å². The summed E-state index contributed by atoms with van der Waals surface area (Å²) in [5.74, 6) is 0.00574. The Morgan fingerprint density at radius 1 is 1.40 bits per heavy atom. The van der Waals surface area contributed by atoms with E-state index in [4.69, 9.17) is 5.73 Å². The fourth-order valence-electron chi connectivity index (χ4n) is 1.18. The molecule has 0 radical (unpaired) electrons. The fourth-order valence-corrected chi connectivity index (χ4v) is 1.18. The van der Waals surface area contributed by atoms with Gasteiger partial charge in [-0.2, -0.15) is 5.10 Å². The third-order valence-corrected chi connectivity index (χ3v) is 1.89. The first-order valence-corrected chi connectivity index (χ1v) is 4.08. The molecule has 15 heavy (non-hydrogen) atoms. The molecule has 2 heterocycles. The first kappa shape index (κ1) is 9.13. The van der Waals surface area contributed by atoms with Gasteiger partial charge in [-0.25, -0.2) is 4.68 Å². The van der Waals surface area contributed by atoms with Crippen LogP contribution in [0.3, 0.4) is 0 Å². The van der Waals surface area contributed by atoms with Crippen molar-refractivity contribution >= 4 is 11.5 Å². The van der Waals surface area contributed by atoms with Crippen molar-refractivity contribution in [2.24, 2.45) is 0 Å². The zero-order valence-electron chi connectivity index (χ0n) is 7.57. The molecular formula is C8H7N5O2. The molecule has 0 atom stereocenters. The van der Waals surface area contributed by atoms with Crippen LogP contribution >= 0.6 is 0 Å². The Morgan fingerprint density at radius 3 is 2.60 bits per heavy atom. The summed E-state index contributed by atoms with van der Waals surface area (Å²) in [6, 6.07) is 3.32. The largest absolute Gasteiger partial charge is 0.378 e. The first-order valence-electron chi connectivity index (χ1n) is 4.08. The molecule has 2 rings (SSSR count). The predicted octanol–water partition coefficient (Wildman–Crippen LogP) is 0.758. The normalized spacial score (nSPS) is 10.1. The van der Waals surface area contributed by atoms with Crippen molar-refractivity contribution in [1.82, 2.24) is 14.8 Å². The van der Waals surface area contributed by atoms with E-state index in [1.165, 1.54) is 4.68 Å². The molecule has 0 amide bonds. The van der Waals surface area contributed by atoms with E-state index in [0.29, 0.717) is 5.69 Å². The molecule has 0 spiro atoms. The second kappa shape index (κ2) is 3.37. The Bertz CT molecular complexity index is 493. The Labute approximate surface area is 84.3 Å². The van der Waals surface area contributed by atoms with Crippen LogP contribution < -0.4 is 5.73 Å².